The molecule has 1 aromatic carbocycles. The van der Waals surface area contributed by atoms with Crippen LogP contribution < -0.4 is 0 Å². The summed E-state index contributed by atoms with van der Waals surface area (Å²) < 4.78 is 29.5. The first-order valence-electron chi connectivity index (χ1n) is 8.88. The third-order valence-electron chi connectivity index (χ3n) is 5.02. The van der Waals surface area contributed by atoms with Gasteiger partial charge in [-0.15, -0.1) is 0 Å². The largest absolute Gasteiger partial charge is 0.313 e. The summed E-state index contributed by atoms with van der Waals surface area (Å²) in [5.74, 6) is 1.02. The highest BCUT2D eigenvalue weighted by Gasteiger charge is 2.35. The van der Waals surface area contributed by atoms with E-state index in [4.69, 9.17) is 4.98 Å². The molecule has 0 radical (unpaired) electrons. The summed E-state index contributed by atoms with van der Waals surface area (Å²) in [6.45, 7) is 5.76. The fourth-order valence-corrected chi connectivity index (χ4v) is 5.12. The maximum absolute atomic E-state index is 12.9. The van der Waals surface area contributed by atoms with Crippen LogP contribution >= 0.6 is 0 Å². The number of imidazole rings is 1. The lowest BCUT2D eigenvalue weighted by atomic mass is 10.1. The normalized spacial score (nSPS) is 18.6. The molecule has 4 rings (SSSR count). The average molecular weight is 370 g/mol. The fourth-order valence-electron chi connectivity index (χ4n) is 3.62. The molecule has 0 saturated carbocycles. The number of benzene rings is 1. The quantitative estimate of drug-likeness (QED) is 0.708. The smallest absolute Gasteiger partial charge is 0.243 e. The SMILES string of the molecule is CCn1c([C@H]2CCN(S(=O)(=O)c3ccc(C)cc3)C2)nc2cccnc21. The van der Waals surface area contributed by atoms with Gasteiger partial charge in [0.1, 0.15) is 11.3 Å². The predicted molar refractivity (Wildman–Crippen MR) is 100 cm³/mol. The van der Waals surface area contributed by atoms with Crippen molar-refractivity contribution in [1.82, 2.24) is 18.8 Å². The number of fused-ring (bicyclic) bond motifs is 1. The van der Waals surface area contributed by atoms with Crippen molar-refractivity contribution < 1.29 is 8.42 Å². The first-order valence-corrected chi connectivity index (χ1v) is 10.3. The first-order chi connectivity index (χ1) is 12.5. The number of hydrogen-bond acceptors (Lipinski definition) is 4. The number of hydrogen-bond donors (Lipinski definition) is 0. The Labute approximate surface area is 153 Å². The fraction of sp³-hybridized carbons (Fsp3) is 0.368. The van der Waals surface area contributed by atoms with Crippen molar-refractivity contribution in [3.63, 3.8) is 0 Å². The lowest BCUT2D eigenvalue weighted by Crippen LogP contribution is -2.29. The molecule has 0 spiro atoms. The van der Waals surface area contributed by atoms with Gasteiger partial charge in [0.15, 0.2) is 5.65 Å². The molecule has 26 heavy (non-hydrogen) atoms. The highest BCUT2D eigenvalue weighted by Crippen LogP contribution is 2.32. The van der Waals surface area contributed by atoms with Crippen LogP contribution in [0.5, 0.6) is 0 Å². The summed E-state index contributed by atoms with van der Waals surface area (Å²) in [6.07, 6.45) is 2.54. The number of aromatic nitrogens is 3. The number of aryl methyl sites for hydroxylation is 2. The second-order valence-corrected chi connectivity index (χ2v) is 8.66. The summed E-state index contributed by atoms with van der Waals surface area (Å²) in [5, 5.41) is 0. The van der Waals surface area contributed by atoms with E-state index in [1.165, 1.54) is 0 Å². The van der Waals surface area contributed by atoms with E-state index in [9.17, 15) is 8.42 Å². The van der Waals surface area contributed by atoms with Gasteiger partial charge in [0.2, 0.25) is 10.0 Å². The van der Waals surface area contributed by atoms with Crippen LogP contribution in [0.25, 0.3) is 11.2 Å². The molecule has 0 bridgehead atoms. The lowest BCUT2D eigenvalue weighted by molar-refractivity contribution is 0.469. The minimum atomic E-state index is -3.47. The summed E-state index contributed by atoms with van der Waals surface area (Å²) in [5.41, 5.74) is 2.78. The molecule has 1 aliphatic rings. The Bertz CT molecular complexity index is 1040. The number of rotatable bonds is 4. The molecular formula is C19H22N4O2S. The van der Waals surface area contributed by atoms with Crippen molar-refractivity contribution in [1.29, 1.82) is 0 Å². The van der Waals surface area contributed by atoms with E-state index in [1.807, 2.05) is 31.2 Å². The Kier molecular flexibility index (Phi) is 4.28. The van der Waals surface area contributed by atoms with Crippen LogP contribution in [0.15, 0.2) is 47.5 Å². The molecule has 1 aliphatic heterocycles. The maximum Gasteiger partial charge on any atom is 0.243 e. The average Bonchev–Trinajstić information content (AvgIpc) is 3.27. The van der Waals surface area contributed by atoms with Gasteiger partial charge >= 0.3 is 0 Å². The van der Waals surface area contributed by atoms with E-state index in [0.29, 0.717) is 18.0 Å². The maximum atomic E-state index is 12.9. The molecule has 6 nitrogen and oxygen atoms in total. The van der Waals surface area contributed by atoms with Gasteiger partial charge in [0, 0.05) is 31.7 Å². The Morgan fingerprint density at radius 1 is 1.19 bits per heavy atom. The number of sulfonamides is 1. The van der Waals surface area contributed by atoms with Crippen LogP contribution in [-0.2, 0) is 16.6 Å². The molecule has 0 N–H and O–H groups in total. The number of pyridine rings is 1. The topological polar surface area (TPSA) is 68.1 Å². The molecule has 3 aromatic rings. The van der Waals surface area contributed by atoms with E-state index < -0.39 is 10.0 Å². The lowest BCUT2D eigenvalue weighted by Gasteiger charge is -2.17. The highest BCUT2D eigenvalue weighted by molar-refractivity contribution is 7.89. The molecule has 1 atom stereocenters. The predicted octanol–water partition coefficient (Wildman–Crippen LogP) is 2.94. The van der Waals surface area contributed by atoms with Crippen molar-refractivity contribution in [3.8, 4) is 0 Å². The van der Waals surface area contributed by atoms with Gasteiger partial charge < -0.3 is 4.57 Å². The van der Waals surface area contributed by atoms with Crippen molar-refractivity contribution in [3.05, 3.63) is 54.0 Å². The zero-order valence-corrected chi connectivity index (χ0v) is 15.8. The minimum Gasteiger partial charge on any atom is -0.313 e. The summed E-state index contributed by atoms with van der Waals surface area (Å²) in [7, 11) is -3.47. The summed E-state index contributed by atoms with van der Waals surface area (Å²) in [4.78, 5) is 9.54. The van der Waals surface area contributed by atoms with Gasteiger partial charge in [-0.25, -0.2) is 18.4 Å². The van der Waals surface area contributed by atoms with Crippen molar-refractivity contribution >= 4 is 21.2 Å². The highest BCUT2D eigenvalue weighted by atomic mass is 32.2. The Hall–Kier alpha value is -2.25. The molecule has 0 aliphatic carbocycles. The number of nitrogens with zero attached hydrogens (tertiary/aromatic N) is 4. The second-order valence-electron chi connectivity index (χ2n) is 6.72. The van der Waals surface area contributed by atoms with Gasteiger partial charge in [0.05, 0.1) is 4.90 Å². The van der Waals surface area contributed by atoms with Crippen molar-refractivity contribution in [2.75, 3.05) is 13.1 Å². The van der Waals surface area contributed by atoms with Crippen LogP contribution in [0.4, 0.5) is 0 Å². The third kappa shape index (κ3) is 2.81. The van der Waals surface area contributed by atoms with Gasteiger partial charge in [-0.05, 0) is 44.5 Å². The van der Waals surface area contributed by atoms with Crippen LogP contribution in [0.2, 0.25) is 0 Å². The van der Waals surface area contributed by atoms with Gasteiger partial charge in [-0.3, -0.25) is 0 Å². The van der Waals surface area contributed by atoms with E-state index in [2.05, 4.69) is 16.5 Å². The van der Waals surface area contributed by atoms with Crippen molar-refractivity contribution in [2.24, 2.45) is 0 Å². The molecule has 136 valence electrons. The summed E-state index contributed by atoms with van der Waals surface area (Å²) in [6, 6.07) is 10.9. The molecule has 1 fully saturated rings. The molecule has 1 saturated heterocycles. The molecule has 7 heteroatoms. The van der Waals surface area contributed by atoms with E-state index in [1.54, 1.807) is 22.6 Å². The monoisotopic (exact) mass is 370 g/mol. The summed E-state index contributed by atoms with van der Waals surface area (Å²) >= 11 is 0. The van der Waals surface area contributed by atoms with Crippen LogP contribution in [0.3, 0.4) is 0 Å². The van der Waals surface area contributed by atoms with Crippen LogP contribution in [-0.4, -0.2) is 40.3 Å². The Morgan fingerprint density at radius 3 is 2.69 bits per heavy atom. The molecule has 0 unspecified atom stereocenters. The minimum absolute atomic E-state index is 0.0874. The van der Waals surface area contributed by atoms with Crippen LogP contribution in [0.1, 0.15) is 30.7 Å². The Morgan fingerprint density at radius 2 is 1.96 bits per heavy atom. The van der Waals surface area contributed by atoms with E-state index >= 15 is 0 Å². The first kappa shape index (κ1) is 17.2. The zero-order chi connectivity index (χ0) is 18.3. The molecule has 0 amide bonds. The van der Waals surface area contributed by atoms with Crippen molar-refractivity contribution in [2.45, 2.75) is 37.6 Å². The Balaban J connectivity index is 1.64. The molecular weight excluding hydrogens is 348 g/mol. The van der Waals surface area contributed by atoms with Gasteiger partial charge in [-0.1, -0.05) is 17.7 Å². The molecule has 3 heterocycles. The van der Waals surface area contributed by atoms with Crippen LogP contribution in [0, 0.1) is 6.92 Å². The van der Waals surface area contributed by atoms with E-state index in [-0.39, 0.29) is 5.92 Å². The van der Waals surface area contributed by atoms with Gasteiger partial charge in [-0.2, -0.15) is 4.31 Å². The third-order valence-corrected chi connectivity index (χ3v) is 6.90. The standard InChI is InChI=1S/C19H22N4O2S/c1-3-23-18(21-17-5-4-11-20-19(17)23)15-10-12-22(13-15)26(24,25)16-8-6-14(2)7-9-16/h4-9,11,15H,3,10,12-13H2,1-2H3/t15-/m0/s1. The second kappa shape index (κ2) is 6.48. The van der Waals surface area contributed by atoms with Gasteiger partial charge in [0.25, 0.3) is 0 Å². The van der Waals surface area contributed by atoms with E-state index in [0.717, 1.165) is 35.5 Å². The molecule has 2 aromatic heterocycles. The zero-order valence-electron chi connectivity index (χ0n) is 15.0.